The summed E-state index contributed by atoms with van der Waals surface area (Å²) in [5.74, 6) is 1.77. The van der Waals surface area contributed by atoms with E-state index in [0.29, 0.717) is 12.5 Å². The zero-order valence-electron chi connectivity index (χ0n) is 15.1. The molecule has 1 fully saturated rings. The Morgan fingerprint density at radius 2 is 2.00 bits per heavy atom. The first-order chi connectivity index (χ1) is 11.5. The van der Waals surface area contributed by atoms with E-state index in [2.05, 4.69) is 39.5 Å². The summed E-state index contributed by atoms with van der Waals surface area (Å²) in [7, 11) is -2.96. The van der Waals surface area contributed by atoms with Crippen molar-refractivity contribution in [2.24, 2.45) is 10.9 Å². The number of aliphatic imine (C=N–C) groups is 1. The summed E-state index contributed by atoms with van der Waals surface area (Å²) in [6, 6.07) is 10.6. The van der Waals surface area contributed by atoms with E-state index < -0.39 is 9.84 Å². The number of guanidine groups is 1. The molecule has 1 N–H and O–H groups in total. The first kappa shape index (κ1) is 22.2. The number of likely N-dealkylation sites (tertiary alicyclic amines) is 1. The van der Waals surface area contributed by atoms with Crippen LogP contribution in [0.25, 0.3) is 0 Å². The Morgan fingerprint density at radius 3 is 2.64 bits per heavy atom. The van der Waals surface area contributed by atoms with Gasteiger partial charge in [0.2, 0.25) is 0 Å². The summed E-state index contributed by atoms with van der Waals surface area (Å²) in [5, 5.41) is 3.29. The second-order valence-corrected chi connectivity index (χ2v) is 8.74. The van der Waals surface area contributed by atoms with Crippen LogP contribution in [0.15, 0.2) is 35.3 Å². The number of benzene rings is 1. The van der Waals surface area contributed by atoms with Gasteiger partial charge in [-0.1, -0.05) is 37.3 Å². The van der Waals surface area contributed by atoms with Crippen LogP contribution in [-0.2, 0) is 16.3 Å². The van der Waals surface area contributed by atoms with Gasteiger partial charge in [-0.15, -0.1) is 24.0 Å². The van der Waals surface area contributed by atoms with Crippen molar-refractivity contribution in [3.63, 3.8) is 0 Å². The topological polar surface area (TPSA) is 61.8 Å². The maximum atomic E-state index is 11.6. The Labute approximate surface area is 169 Å². The molecule has 0 saturated carbocycles. The molecule has 142 valence electrons. The normalized spacial score (nSPS) is 18.1. The van der Waals surface area contributed by atoms with Crippen molar-refractivity contribution in [1.82, 2.24) is 10.2 Å². The quantitative estimate of drug-likeness (QED) is 0.371. The van der Waals surface area contributed by atoms with E-state index in [4.69, 9.17) is 0 Å². The van der Waals surface area contributed by atoms with Gasteiger partial charge in [-0.3, -0.25) is 4.99 Å². The monoisotopic (exact) mass is 479 g/mol. The molecule has 0 aromatic heterocycles. The third kappa shape index (κ3) is 7.52. The van der Waals surface area contributed by atoms with Crippen LogP contribution < -0.4 is 5.32 Å². The van der Waals surface area contributed by atoms with Gasteiger partial charge in [0.25, 0.3) is 0 Å². The molecule has 1 aromatic rings. The molecular weight excluding hydrogens is 449 g/mol. The van der Waals surface area contributed by atoms with Crippen LogP contribution in [0.5, 0.6) is 0 Å². The highest BCUT2D eigenvalue weighted by Gasteiger charge is 2.25. The molecule has 25 heavy (non-hydrogen) atoms. The molecule has 1 heterocycles. The van der Waals surface area contributed by atoms with Gasteiger partial charge in [0, 0.05) is 25.4 Å². The number of rotatable bonds is 7. The first-order valence-corrected chi connectivity index (χ1v) is 10.6. The standard InChI is InChI=1S/C18H29N3O2S.HI/c1-3-19-18(20-11-13-24(22,23)4-2)21-12-10-17(15-21)14-16-8-6-5-7-9-16;/h5-9,17H,3-4,10-15H2,1-2H3,(H,19,20);1H. The molecule has 0 aliphatic carbocycles. The molecule has 1 aliphatic heterocycles. The van der Waals surface area contributed by atoms with Crippen molar-refractivity contribution in [3.05, 3.63) is 35.9 Å². The van der Waals surface area contributed by atoms with Crippen LogP contribution in [0.3, 0.4) is 0 Å². The average Bonchev–Trinajstić information content (AvgIpc) is 3.03. The third-order valence-electron chi connectivity index (χ3n) is 4.39. The van der Waals surface area contributed by atoms with Gasteiger partial charge < -0.3 is 10.2 Å². The maximum Gasteiger partial charge on any atom is 0.193 e. The Balaban J connectivity index is 0.00000312. The zero-order valence-corrected chi connectivity index (χ0v) is 18.3. The Morgan fingerprint density at radius 1 is 1.28 bits per heavy atom. The Bertz CT molecular complexity index is 635. The van der Waals surface area contributed by atoms with E-state index in [1.165, 1.54) is 5.56 Å². The molecule has 0 bridgehead atoms. The van der Waals surface area contributed by atoms with Crippen LogP contribution in [-0.4, -0.2) is 57.0 Å². The van der Waals surface area contributed by atoms with E-state index in [1.807, 2.05) is 13.0 Å². The fourth-order valence-corrected chi connectivity index (χ4v) is 3.66. The average molecular weight is 479 g/mol. The number of halogens is 1. The summed E-state index contributed by atoms with van der Waals surface area (Å²) in [6.07, 6.45) is 2.23. The lowest BCUT2D eigenvalue weighted by atomic mass is 9.99. The van der Waals surface area contributed by atoms with Gasteiger partial charge in [-0.25, -0.2) is 8.42 Å². The Hall–Kier alpha value is -0.830. The first-order valence-electron chi connectivity index (χ1n) is 8.81. The lowest BCUT2D eigenvalue weighted by Gasteiger charge is -2.21. The van der Waals surface area contributed by atoms with Crippen LogP contribution in [0.2, 0.25) is 0 Å². The van der Waals surface area contributed by atoms with Crippen LogP contribution in [0.1, 0.15) is 25.8 Å². The van der Waals surface area contributed by atoms with Gasteiger partial charge in [0.15, 0.2) is 15.8 Å². The summed E-state index contributed by atoms with van der Waals surface area (Å²) < 4.78 is 23.2. The van der Waals surface area contributed by atoms with Gasteiger partial charge >= 0.3 is 0 Å². The van der Waals surface area contributed by atoms with Crippen LogP contribution in [0, 0.1) is 5.92 Å². The molecule has 1 unspecified atom stereocenters. The minimum absolute atomic E-state index is 0. The predicted molar refractivity (Wildman–Crippen MR) is 116 cm³/mol. The van der Waals surface area contributed by atoms with Crippen molar-refractivity contribution < 1.29 is 8.42 Å². The molecular formula is C18H30IN3O2S. The highest BCUT2D eigenvalue weighted by molar-refractivity contribution is 14.0. The van der Waals surface area contributed by atoms with Crippen molar-refractivity contribution in [2.45, 2.75) is 26.7 Å². The Kier molecular flexibility index (Phi) is 9.78. The van der Waals surface area contributed by atoms with Gasteiger partial charge in [0.1, 0.15) is 0 Å². The van der Waals surface area contributed by atoms with Gasteiger partial charge in [-0.2, -0.15) is 0 Å². The lowest BCUT2D eigenvalue weighted by molar-refractivity contribution is 0.460. The van der Waals surface area contributed by atoms with Gasteiger partial charge in [0.05, 0.1) is 12.3 Å². The molecule has 1 aromatic carbocycles. The van der Waals surface area contributed by atoms with E-state index in [0.717, 1.165) is 38.4 Å². The van der Waals surface area contributed by atoms with E-state index in [9.17, 15) is 8.42 Å². The fraction of sp³-hybridized carbons (Fsp3) is 0.611. The molecule has 7 heteroatoms. The highest BCUT2D eigenvalue weighted by Crippen LogP contribution is 2.20. The highest BCUT2D eigenvalue weighted by atomic mass is 127. The number of hydrogen-bond acceptors (Lipinski definition) is 3. The number of nitrogens with one attached hydrogen (secondary N) is 1. The molecule has 0 radical (unpaired) electrons. The molecule has 1 aliphatic rings. The van der Waals surface area contributed by atoms with Crippen LogP contribution >= 0.6 is 24.0 Å². The zero-order chi connectivity index (χ0) is 17.4. The van der Waals surface area contributed by atoms with E-state index >= 15 is 0 Å². The summed E-state index contributed by atoms with van der Waals surface area (Å²) in [4.78, 5) is 6.78. The SMILES string of the molecule is CCNC(=NCCS(=O)(=O)CC)N1CCC(Cc2ccccc2)C1.I. The molecule has 1 saturated heterocycles. The lowest BCUT2D eigenvalue weighted by Crippen LogP contribution is -2.40. The van der Waals surface area contributed by atoms with Crippen LogP contribution in [0.4, 0.5) is 0 Å². The molecule has 0 amide bonds. The maximum absolute atomic E-state index is 11.6. The fourth-order valence-electron chi connectivity index (χ4n) is 3.00. The molecule has 2 rings (SSSR count). The summed E-state index contributed by atoms with van der Waals surface area (Å²) >= 11 is 0. The largest absolute Gasteiger partial charge is 0.357 e. The van der Waals surface area contributed by atoms with Crippen molar-refractivity contribution in [1.29, 1.82) is 0 Å². The number of sulfone groups is 1. The number of hydrogen-bond donors (Lipinski definition) is 1. The van der Waals surface area contributed by atoms with E-state index in [-0.39, 0.29) is 35.5 Å². The third-order valence-corrected chi connectivity index (χ3v) is 6.08. The van der Waals surface area contributed by atoms with Crippen molar-refractivity contribution in [3.8, 4) is 0 Å². The van der Waals surface area contributed by atoms with Gasteiger partial charge in [-0.05, 0) is 31.2 Å². The summed E-state index contributed by atoms with van der Waals surface area (Å²) in [6.45, 7) is 6.79. The minimum atomic E-state index is -2.96. The minimum Gasteiger partial charge on any atom is -0.357 e. The smallest absolute Gasteiger partial charge is 0.193 e. The second-order valence-electron chi connectivity index (χ2n) is 6.26. The van der Waals surface area contributed by atoms with Crippen molar-refractivity contribution in [2.75, 3.05) is 37.7 Å². The van der Waals surface area contributed by atoms with E-state index in [1.54, 1.807) is 6.92 Å². The molecule has 1 atom stereocenters. The van der Waals surface area contributed by atoms with Crippen molar-refractivity contribution >= 4 is 39.8 Å². The molecule has 5 nitrogen and oxygen atoms in total. The number of nitrogens with zero attached hydrogens (tertiary/aromatic N) is 2. The molecule has 0 spiro atoms. The predicted octanol–water partition coefficient (Wildman–Crippen LogP) is 2.57. The second kappa shape index (κ2) is 11.0. The summed E-state index contributed by atoms with van der Waals surface area (Å²) in [5.41, 5.74) is 1.38.